The molecule has 1 unspecified atom stereocenters. The van der Waals surface area contributed by atoms with E-state index in [2.05, 4.69) is 4.72 Å². The predicted molar refractivity (Wildman–Crippen MR) is 79.6 cm³/mol. The van der Waals surface area contributed by atoms with Crippen LogP contribution >= 0.6 is 0 Å². The first kappa shape index (κ1) is 16.0. The average Bonchev–Trinajstić information content (AvgIpc) is 2.85. The van der Waals surface area contributed by atoms with E-state index in [4.69, 9.17) is 9.47 Å². The van der Waals surface area contributed by atoms with Crippen molar-refractivity contribution in [3.63, 3.8) is 0 Å². The number of nitrogens with zero attached hydrogens (tertiary/aromatic N) is 2. The summed E-state index contributed by atoms with van der Waals surface area (Å²) in [6.07, 6.45) is 0. The molecule has 0 fully saturated rings. The fourth-order valence-corrected chi connectivity index (χ4v) is 2.66. The first-order chi connectivity index (χ1) is 9.81. The first-order valence-corrected chi connectivity index (χ1v) is 7.98. The third-order valence-electron chi connectivity index (χ3n) is 3.34. The van der Waals surface area contributed by atoms with Crippen LogP contribution in [0.25, 0.3) is 0 Å². The molecule has 1 atom stereocenters. The minimum atomic E-state index is -3.45. The highest BCUT2D eigenvalue weighted by atomic mass is 32.2. The number of rotatable bonds is 6. The van der Waals surface area contributed by atoms with Crippen LogP contribution in [0.2, 0.25) is 0 Å². The van der Waals surface area contributed by atoms with Crippen LogP contribution in [0.4, 0.5) is 0 Å². The van der Waals surface area contributed by atoms with E-state index in [1.54, 1.807) is 0 Å². The Balaban J connectivity index is 2.16. The quantitative estimate of drug-likeness (QED) is 0.823. The van der Waals surface area contributed by atoms with Crippen molar-refractivity contribution in [1.82, 2.24) is 13.9 Å². The molecule has 0 saturated heterocycles. The normalized spacial score (nSPS) is 15.7. The Hall–Kier alpha value is -1.35. The lowest BCUT2D eigenvalue weighted by Gasteiger charge is -2.26. The Bertz CT molecular complexity index is 601. The molecule has 1 aliphatic rings. The summed E-state index contributed by atoms with van der Waals surface area (Å²) < 4.78 is 38.0. The van der Waals surface area contributed by atoms with Crippen molar-refractivity contribution < 1.29 is 17.9 Å². The summed E-state index contributed by atoms with van der Waals surface area (Å²) >= 11 is 0. The third kappa shape index (κ3) is 3.65. The first-order valence-electron chi connectivity index (χ1n) is 6.54. The maximum atomic E-state index is 11.8. The molecule has 0 amide bonds. The van der Waals surface area contributed by atoms with Crippen LogP contribution in [0.15, 0.2) is 18.2 Å². The molecule has 8 heteroatoms. The van der Waals surface area contributed by atoms with Crippen LogP contribution in [0, 0.1) is 0 Å². The van der Waals surface area contributed by atoms with Crippen molar-refractivity contribution in [2.24, 2.45) is 0 Å². The van der Waals surface area contributed by atoms with Crippen molar-refractivity contribution in [3.05, 3.63) is 23.8 Å². The monoisotopic (exact) mass is 315 g/mol. The predicted octanol–water partition coefficient (Wildman–Crippen LogP) is 0.414. The van der Waals surface area contributed by atoms with E-state index >= 15 is 0 Å². The second kappa shape index (κ2) is 6.18. The molecular formula is C13H21N3O4S. The number of nitrogens with one attached hydrogen (secondary N) is 1. The number of hydrogen-bond donors (Lipinski definition) is 1. The zero-order valence-electron chi connectivity index (χ0n) is 12.7. The Morgan fingerprint density at radius 3 is 2.48 bits per heavy atom. The summed E-state index contributed by atoms with van der Waals surface area (Å²) in [5.41, 5.74) is 0.964. The van der Waals surface area contributed by atoms with Gasteiger partial charge in [-0.2, -0.15) is 12.7 Å². The molecule has 118 valence electrons. The third-order valence-corrected chi connectivity index (χ3v) is 4.84. The van der Waals surface area contributed by atoms with Gasteiger partial charge in [0.15, 0.2) is 11.5 Å². The van der Waals surface area contributed by atoms with Crippen LogP contribution < -0.4 is 14.2 Å². The van der Waals surface area contributed by atoms with E-state index in [1.165, 1.54) is 14.1 Å². The van der Waals surface area contributed by atoms with Crippen molar-refractivity contribution in [2.45, 2.75) is 6.04 Å². The maximum absolute atomic E-state index is 11.8. The highest BCUT2D eigenvalue weighted by molar-refractivity contribution is 7.87. The topological polar surface area (TPSA) is 71.1 Å². The summed E-state index contributed by atoms with van der Waals surface area (Å²) in [5, 5.41) is 0. The molecule has 0 aliphatic carbocycles. The van der Waals surface area contributed by atoms with Crippen LogP contribution in [0.5, 0.6) is 11.5 Å². The van der Waals surface area contributed by atoms with Crippen molar-refractivity contribution in [3.8, 4) is 11.5 Å². The Morgan fingerprint density at radius 2 is 1.86 bits per heavy atom. The van der Waals surface area contributed by atoms with Gasteiger partial charge in [-0.3, -0.25) is 0 Å². The van der Waals surface area contributed by atoms with Gasteiger partial charge in [0, 0.05) is 26.7 Å². The van der Waals surface area contributed by atoms with Gasteiger partial charge in [0.1, 0.15) is 0 Å². The minimum Gasteiger partial charge on any atom is -0.454 e. The molecule has 1 aromatic rings. The largest absolute Gasteiger partial charge is 0.454 e. The van der Waals surface area contributed by atoms with Gasteiger partial charge in [0.2, 0.25) is 6.79 Å². The SMILES string of the molecule is CN(C)C(CNS(=O)(=O)N(C)C)c1ccc2c(c1)OCO2. The molecule has 7 nitrogen and oxygen atoms in total. The van der Waals surface area contributed by atoms with Crippen molar-refractivity contribution >= 4 is 10.2 Å². The maximum Gasteiger partial charge on any atom is 0.278 e. The molecule has 1 aromatic carbocycles. The summed E-state index contributed by atoms with van der Waals surface area (Å²) in [4.78, 5) is 1.95. The highest BCUT2D eigenvalue weighted by Crippen LogP contribution is 2.34. The molecule has 0 bridgehead atoms. The lowest BCUT2D eigenvalue weighted by molar-refractivity contribution is 0.174. The smallest absolute Gasteiger partial charge is 0.278 e. The number of ether oxygens (including phenoxy) is 2. The van der Waals surface area contributed by atoms with E-state index in [-0.39, 0.29) is 19.4 Å². The summed E-state index contributed by atoms with van der Waals surface area (Å²) in [7, 11) is 3.35. The van der Waals surface area contributed by atoms with Crippen LogP contribution in [-0.4, -0.2) is 59.2 Å². The van der Waals surface area contributed by atoms with E-state index in [0.717, 1.165) is 9.87 Å². The Kier molecular flexibility index (Phi) is 4.72. The summed E-state index contributed by atoms with van der Waals surface area (Å²) in [6, 6.07) is 5.54. The second-order valence-corrected chi connectivity index (χ2v) is 7.20. The fourth-order valence-electron chi connectivity index (χ4n) is 2.03. The van der Waals surface area contributed by atoms with Gasteiger partial charge in [-0.05, 0) is 31.8 Å². The van der Waals surface area contributed by atoms with Crippen LogP contribution in [0.1, 0.15) is 11.6 Å². The molecule has 0 spiro atoms. The molecule has 1 N–H and O–H groups in total. The molecule has 0 aromatic heterocycles. The van der Waals surface area contributed by atoms with Gasteiger partial charge in [-0.1, -0.05) is 6.07 Å². The van der Waals surface area contributed by atoms with E-state index in [9.17, 15) is 8.42 Å². The van der Waals surface area contributed by atoms with E-state index in [1.807, 2.05) is 37.2 Å². The zero-order valence-corrected chi connectivity index (χ0v) is 13.5. The zero-order chi connectivity index (χ0) is 15.6. The van der Waals surface area contributed by atoms with Gasteiger partial charge in [0.05, 0.1) is 0 Å². The number of hydrogen-bond acceptors (Lipinski definition) is 5. The fraction of sp³-hybridized carbons (Fsp3) is 0.538. The van der Waals surface area contributed by atoms with Crippen LogP contribution in [0.3, 0.4) is 0 Å². The van der Waals surface area contributed by atoms with E-state index in [0.29, 0.717) is 11.5 Å². The minimum absolute atomic E-state index is 0.103. The van der Waals surface area contributed by atoms with E-state index < -0.39 is 10.2 Å². The molecular weight excluding hydrogens is 294 g/mol. The molecule has 1 heterocycles. The molecule has 1 aliphatic heterocycles. The number of benzene rings is 1. The van der Waals surface area contributed by atoms with Gasteiger partial charge < -0.3 is 14.4 Å². The molecule has 0 radical (unpaired) electrons. The van der Waals surface area contributed by atoms with Gasteiger partial charge >= 0.3 is 0 Å². The Morgan fingerprint density at radius 1 is 1.19 bits per heavy atom. The molecule has 0 saturated carbocycles. The lowest BCUT2D eigenvalue weighted by Crippen LogP contribution is -2.40. The second-order valence-electron chi connectivity index (χ2n) is 5.23. The summed E-state index contributed by atoms with van der Waals surface area (Å²) in [5.74, 6) is 1.40. The number of fused-ring (bicyclic) bond motifs is 1. The Labute approximate surface area is 125 Å². The van der Waals surface area contributed by atoms with Gasteiger partial charge in [-0.15, -0.1) is 0 Å². The number of likely N-dealkylation sites (N-methyl/N-ethyl adjacent to an activating group) is 1. The standard InChI is InChI=1S/C13H21N3O4S/c1-15(2)11(8-14-21(17,18)16(3)4)10-5-6-12-13(7-10)20-9-19-12/h5-7,11,14H,8-9H2,1-4H3. The van der Waals surface area contributed by atoms with Crippen molar-refractivity contribution in [1.29, 1.82) is 0 Å². The average molecular weight is 315 g/mol. The highest BCUT2D eigenvalue weighted by Gasteiger charge is 2.22. The van der Waals surface area contributed by atoms with Gasteiger partial charge in [-0.25, -0.2) is 4.72 Å². The van der Waals surface area contributed by atoms with Crippen LogP contribution in [-0.2, 0) is 10.2 Å². The van der Waals surface area contributed by atoms with Crippen molar-refractivity contribution in [2.75, 3.05) is 41.5 Å². The molecule has 2 rings (SSSR count). The van der Waals surface area contributed by atoms with Gasteiger partial charge in [0.25, 0.3) is 10.2 Å². The lowest BCUT2D eigenvalue weighted by atomic mass is 10.1. The molecule has 21 heavy (non-hydrogen) atoms. The summed E-state index contributed by atoms with van der Waals surface area (Å²) in [6.45, 7) is 0.492.